The van der Waals surface area contributed by atoms with Gasteiger partial charge in [-0.3, -0.25) is 0 Å². The van der Waals surface area contributed by atoms with Crippen LogP contribution in [0.4, 0.5) is 14.6 Å². The molecule has 2 aromatic heterocycles. The lowest BCUT2D eigenvalue weighted by atomic mass is 10.0. The topological polar surface area (TPSA) is 88.1 Å². The van der Waals surface area contributed by atoms with Crippen LogP contribution < -0.4 is 10.1 Å². The zero-order valence-electron chi connectivity index (χ0n) is 14.5. The van der Waals surface area contributed by atoms with Crippen LogP contribution in [-0.2, 0) is 0 Å². The molecule has 3 aromatic rings. The van der Waals surface area contributed by atoms with Crippen LogP contribution in [0.5, 0.6) is 5.75 Å². The highest BCUT2D eigenvalue weighted by Gasteiger charge is 2.25. The summed E-state index contributed by atoms with van der Waals surface area (Å²) in [4.78, 5) is 8.17. The summed E-state index contributed by atoms with van der Waals surface area (Å²) in [6.45, 7) is 0. The highest BCUT2D eigenvalue weighted by molar-refractivity contribution is 5.82. The first kappa shape index (κ1) is 17.1. The van der Waals surface area contributed by atoms with E-state index in [-0.39, 0.29) is 34.4 Å². The van der Waals surface area contributed by atoms with Gasteiger partial charge in [0.2, 0.25) is 0 Å². The van der Waals surface area contributed by atoms with Crippen LogP contribution in [0.2, 0.25) is 0 Å². The van der Waals surface area contributed by atoms with E-state index in [1.54, 1.807) is 0 Å². The smallest absolute Gasteiger partial charge is 0.255 e. The maximum absolute atomic E-state index is 14.8. The molecule has 0 bridgehead atoms. The third kappa shape index (κ3) is 2.93. The largest absolute Gasteiger partial charge is 0.494 e. The van der Waals surface area contributed by atoms with Crippen molar-refractivity contribution in [1.82, 2.24) is 19.6 Å². The van der Waals surface area contributed by atoms with Gasteiger partial charge in [0, 0.05) is 17.7 Å². The number of nitrogens with one attached hydrogen (secondary N) is 1. The molecule has 4 rings (SSSR count). The van der Waals surface area contributed by atoms with E-state index in [0.29, 0.717) is 5.82 Å². The fourth-order valence-corrected chi connectivity index (χ4v) is 3.45. The van der Waals surface area contributed by atoms with Gasteiger partial charge < -0.3 is 10.1 Å². The third-order valence-corrected chi connectivity index (χ3v) is 4.74. The van der Waals surface area contributed by atoms with E-state index in [1.165, 1.54) is 18.0 Å². The van der Waals surface area contributed by atoms with Gasteiger partial charge in [-0.05, 0) is 18.9 Å². The lowest BCUT2D eigenvalue weighted by Crippen LogP contribution is -2.19. The number of nitrogens with zero attached hydrogens (tertiary/aromatic N) is 5. The molecule has 0 amide bonds. The minimum Gasteiger partial charge on any atom is -0.494 e. The number of halogens is 2. The van der Waals surface area contributed by atoms with Gasteiger partial charge in [0.1, 0.15) is 24.0 Å². The summed E-state index contributed by atoms with van der Waals surface area (Å²) >= 11 is 0. The van der Waals surface area contributed by atoms with Crippen molar-refractivity contribution in [2.24, 2.45) is 0 Å². The lowest BCUT2D eigenvalue weighted by Gasteiger charge is -2.19. The first-order valence-corrected chi connectivity index (χ1v) is 8.56. The molecule has 0 atom stereocenters. The quantitative estimate of drug-likeness (QED) is 0.758. The molecule has 138 valence electrons. The molecule has 1 N–H and O–H groups in total. The zero-order valence-corrected chi connectivity index (χ0v) is 14.5. The highest BCUT2D eigenvalue weighted by Crippen LogP contribution is 2.36. The maximum Gasteiger partial charge on any atom is 0.255 e. The summed E-state index contributed by atoms with van der Waals surface area (Å²) in [5.74, 6) is -1.08. The summed E-state index contributed by atoms with van der Waals surface area (Å²) in [7, 11) is 1.26. The Morgan fingerprint density at radius 1 is 1.26 bits per heavy atom. The van der Waals surface area contributed by atoms with Crippen molar-refractivity contribution in [2.45, 2.75) is 31.7 Å². The van der Waals surface area contributed by atoms with Gasteiger partial charge in [0.25, 0.3) is 5.78 Å². The fourth-order valence-electron chi connectivity index (χ4n) is 3.45. The predicted octanol–water partition coefficient (Wildman–Crippen LogP) is 3.30. The van der Waals surface area contributed by atoms with Crippen LogP contribution in [0.1, 0.15) is 31.4 Å². The molecule has 1 aliphatic carbocycles. The summed E-state index contributed by atoms with van der Waals surface area (Å²) in [5, 5.41) is 17.1. The minimum atomic E-state index is -0.733. The second kappa shape index (κ2) is 6.79. The first-order chi connectivity index (χ1) is 13.1. The average Bonchev–Trinajstić information content (AvgIpc) is 3.34. The molecule has 1 aromatic carbocycles. The molecular formula is C18H16F2N6O. The number of hydrogen-bond donors (Lipinski definition) is 1. The highest BCUT2D eigenvalue weighted by atomic mass is 19.1. The van der Waals surface area contributed by atoms with Crippen LogP contribution in [0.25, 0.3) is 16.9 Å². The zero-order chi connectivity index (χ0) is 19.0. The standard InChI is InChI=1S/C18H16F2N6O/c1-27-15-7-12(19)11(6-13(15)20)16-14(8-21)25-18-22-9-23-26(18)17(16)24-10-4-2-3-5-10/h6-7,9-10,24H,2-5H2,1H3. The van der Waals surface area contributed by atoms with E-state index in [4.69, 9.17) is 4.74 Å². The van der Waals surface area contributed by atoms with Crippen molar-refractivity contribution in [3.8, 4) is 22.9 Å². The second-order valence-electron chi connectivity index (χ2n) is 6.36. The second-order valence-corrected chi connectivity index (χ2v) is 6.36. The van der Waals surface area contributed by atoms with Crippen LogP contribution in [0.3, 0.4) is 0 Å². The summed E-state index contributed by atoms with van der Waals surface area (Å²) in [5.41, 5.74) is 0.0103. The molecular weight excluding hydrogens is 354 g/mol. The van der Waals surface area contributed by atoms with E-state index in [0.717, 1.165) is 37.8 Å². The third-order valence-electron chi connectivity index (χ3n) is 4.74. The molecule has 1 saturated carbocycles. The predicted molar refractivity (Wildman–Crippen MR) is 93.3 cm³/mol. The van der Waals surface area contributed by atoms with Crippen molar-refractivity contribution in [1.29, 1.82) is 5.26 Å². The van der Waals surface area contributed by atoms with E-state index in [2.05, 4.69) is 20.4 Å². The Balaban J connectivity index is 1.98. The Kier molecular flexibility index (Phi) is 4.32. The monoisotopic (exact) mass is 370 g/mol. The Morgan fingerprint density at radius 3 is 2.74 bits per heavy atom. The van der Waals surface area contributed by atoms with Crippen molar-refractivity contribution >= 4 is 11.6 Å². The minimum absolute atomic E-state index is 0.0561. The van der Waals surface area contributed by atoms with Crippen molar-refractivity contribution in [3.63, 3.8) is 0 Å². The molecule has 0 aliphatic heterocycles. The van der Waals surface area contributed by atoms with Crippen LogP contribution >= 0.6 is 0 Å². The number of rotatable bonds is 4. The number of anilines is 1. The number of fused-ring (bicyclic) bond motifs is 1. The number of methoxy groups -OCH3 is 1. The number of ether oxygens (including phenoxy) is 1. The number of aromatic nitrogens is 4. The summed E-state index contributed by atoms with van der Waals surface area (Å²) in [6.07, 6.45) is 5.35. The maximum atomic E-state index is 14.8. The Hall–Kier alpha value is -3.28. The molecule has 0 saturated heterocycles. The van der Waals surface area contributed by atoms with Crippen molar-refractivity contribution < 1.29 is 13.5 Å². The van der Waals surface area contributed by atoms with E-state index >= 15 is 0 Å². The number of benzene rings is 1. The Morgan fingerprint density at radius 2 is 2.04 bits per heavy atom. The molecule has 2 heterocycles. The molecule has 1 aliphatic rings. The summed E-state index contributed by atoms with van der Waals surface area (Å²) < 4.78 is 35.3. The van der Waals surface area contributed by atoms with Gasteiger partial charge in [0.15, 0.2) is 17.3 Å². The van der Waals surface area contributed by atoms with Gasteiger partial charge in [-0.25, -0.2) is 8.78 Å². The van der Waals surface area contributed by atoms with Crippen LogP contribution in [0, 0.1) is 23.0 Å². The van der Waals surface area contributed by atoms with Crippen LogP contribution in [0.15, 0.2) is 18.5 Å². The molecule has 1 fully saturated rings. The van der Waals surface area contributed by atoms with Gasteiger partial charge in [-0.1, -0.05) is 12.8 Å². The van der Waals surface area contributed by atoms with Crippen molar-refractivity contribution in [2.75, 3.05) is 12.4 Å². The van der Waals surface area contributed by atoms with Crippen molar-refractivity contribution in [3.05, 3.63) is 35.8 Å². The van der Waals surface area contributed by atoms with Gasteiger partial charge in [-0.15, -0.1) is 0 Å². The number of nitriles is 1. The van der Waals surface area contributed by atoms with Gasteiger partial charge in [0.05, 0.1) is 12.7 Å². The number of hydrogen-bond acceptors (Lipinski definition) is 6. The lowest BCUT2D eigenvalue weighted by molar-refractivity contribution is 0.383. The Bertz CT molecular complexity index is 1050. The molecule has 0 spiro atoms. The fraction of sp³-hybridized carbons (Fsp3) is 0.333. The van der Waals surface area contributed by atoms with Gasteiger partial charge >= 0.3 is 0 Å². The van der Waals surface area contributed by atoms with E-state index < -0.39 is 11.6 Å². The van der Waals surface area contributed by atoms with Gasteiger partial charge in [-0.2, -0.15) is 24.8 Å². The Labute approximate surface area is 153 Å². The summed E-state index contributed by atoms with van der Waals surface area (Å²) in [6, 6.07) is 4.08. The molecule has 9 heteroatoms. The normalized spacial score (nSPS) is 14.4. The molecule has 27 heavy (non-hydrogen) atoms. The van der Waals surface area contributed by atoms with E-state index in [9.17, 15) is 14.0 Å². The average molecular weight is 370 g/mol. The first-order valence-electron chi connectivity index (χ1n) is 8.56. The molecule has 0 unspecified atom stereocenters. The molecule has 0 radical (unpaired) electrons. The van der Waals surface area contributed by atoms with Crippen LogP contribution in [-0.4, -0.2) is 32.7 Å². The SMILES string of the molecule is COc1cc(F)c(-c2c(C#N)nc3ncnn3c2NC2CCCC2)cc1F. The van der Waals surface area contributed by atoms with E-state index in [1.807, 2.05) is 6.07 Å². The molecule has 7 nitrogen and oxygen atoms in total.